The van der Waals surface area contributed by atoms with E-state index < -0.39 is 5.63 Å². The van der Waals surface area contributed by atoms with Crippen molar-refractivity contribution >= 4 is 16.9 Å². The Morgan fingerprint density at radius 1 is 1.13 bits per heavy atom. The van der Waals surface area contributed by atoms with E-state index in [1.165, 1.54) is 22.1 Å². The highest BCUT2D eigenvalue weighted by atomic mass is 16.5. The van der Waals surface area contributed by atoms with E-state index in [0.29, 0.717) is 17.9 Å². The molecule has 30 heavy (non-hydrogen) atoms. The summed E-state index contributed by atoms with van der Waals surface area (Å²) in [5, 5.41) is 3.80. The lowest BCUT2D eigenvalue weighted by Crippen LogP contribution is -3.07. The zero-order valence-corrected chi connectivity index (χ0v) is 18.0. The molecule has 0 fully saturated rings. The Balaban J connectivity index is 1.59. The van der Waals surface area contributed by atoms with E-state index in [0.717, 1.165) is 17.4 Å². The van der Waals surface area contributed by atoms with Gasteiger partial charge in [0.15, 0.2) is 6.61 Å². The van der Waals surface area contributed by atoms with Gasteiger partial charge in [-0.2, -0.15) is 0 Å². The van der Waals surface area contributed by atoms with Crippen LogP contribution in [-0.4, -0.2) is 33.2 Å². The maximum Gasteiger partial charge on any atom is 0.336 e. The Labute approximate surface area is 176 Å². The number of carbonyl (C=O) groups excluding carboxylic acids is 1. The summed E-state index contributed by atoms with van der Waals surface area (Å²) in [6.45, 7) is 4.40. The molecule has 0 aliphatic rings. The van der Waals surface area contributed by atoms with Crippen LogP contribution in [0.3, 0.4) is 0 Å². The van der Waals surface area contributed by atoms with E-state index in [1.807, 2.05) is 13.0 Å². The normalized spacial score (nSPS) is 12.2. The quantitative estimate of drug-likeness (QED) is 0.559. The molecule has 1 atom stereocenters. The van der Waals surface area contributed by atoms with Crippen LogP contribution in [0, 0.1) is 6.92 Å². The first kappa shape index (κ1) is 21.6. The van der Waals surface area contributed by atoms with Gasteiger partial charge in [-0.1, -0.05) is 31.2 Å². The highest BCUT2D eigenvalue weighted by molar-refractivity contribution is 5.81. The first-order valence-electron chi connectivity index (χ1n) is 10.2. The fourth-order valence-corrected chi connectivity index (χ4v) is 3.45. The number of fused-ring (bicyclic) bond motifs is 1. The summed E-state index contributed by atoms with van der Waals surface area (Å²) in [7, 11) is 4.15. The van der Waals surface area contributed by atoms with Crippen LogP contribution in [0.1, 0.15) is 29.7 Å². The van der Waals surface area contributed by atoms with Gasteiger partial charge in [0.05, 0.1) is 20.6 Å². The number of hydrogen-bond donors (Lipinski definition) is 2. The minimum absolute atomic E-state index is 0.105. The highest BCUT2D eigenvalue weighted by Crippen LogP contribution is 2.22. The van der Waals surface area contributed by atoms with Crippen LogP contribution < -0.4 is 20.6 Å². The van der Waals surface area contributed by atoms with Gasteiger partial charge in [0, 0.05) is 23.1 Å². The summed E-state index contributed by atoms with van der Waals surface area (Å²) in [6, 6.07) is 15.4. The van der Waals surface area contributed by atoms with E-state index in [9.17, 15) is 9.59 Å². The molecule has 2 N–H and O–H groups in total. The van der Waals surface area contributed by atoms with Crippen molar-refractivity contribution in [1.82, 2.24) is 5.32 Å². The van der Waals surface area contributed by atoms with Crippen LogP contribution >= 0.6 is 0 Å². The second kappa shape index (κ2) is 9.59. The zero-order valence-electron chi connectivity index (χ0n) is 18.0. The minimum Gasteiger partial charge on any atom is -0.484 e. The number of aryl methyl sites for hydroxylation is 2. The van der Waals surface area contributed by atoms with E-state index in [2.05, 4.69) is 50.6 Å². The number of amides is 1. The van der Waals surface area contributed by atoms with Crippen LogP contribution in [-0.2, 0) is 11.2 Å². The monoisotopic (exact) mass is 409 g/mol. The highest BCUT2D eigenvalue weighted by Gasteiger charge is 2.19. The van der Waals surface area contributed by atoms with Crippen LogP contribution in [0.2, 0.25) is 0 Å². The molecule has 6 heteroatoms. The summed E-state index contributed by atoms with van der Waals surface area (Å²) >= 11 is 0. The largest absolute Gasteiger partial charge is 0.484 e. The second-order valence-corrected chi connectivity index (χ2v) is 7.72. The fraction of sp³-hybridized carbons (Fsp3) is 0.333. The van der Waals surface area contributed by atoms with Crippen molar-refractivity contribution in [2.24, 2.45) is 0 Å². The van der Waals surface area contributed by atoms with Crippen LogP contribution in [0.4, 0.5) is 0 Å². The first-order chi connectivity index (χ1) is 14.4. The topological polar surface area (TPSA) is 73.0 Å². The van der Waals surface area contributed by atoms with Gasteiger partial charge in [0.25, 0.3) is 5.91 Å². The average Bonchev–Trinajstić information content (AvgIpc) is 2.72. The minimum atomic E-state index is -0.404. The molecule has 0 radical (unpaired) electrons. The van der Waals surface area contributed by atoms with Crippen LogP contribution in [0.25, 0.3) is 11.0 Å². The summed E-state index contributed by atoms with van der Waals surface area (Å²) in [5.41, 5.74) is 3.37. The lowest BCUT2D eigenvalue weighted by atomic mass is 10.0. The van der Waals surface area contributed by atoms with Crippen molar-refractivity contribution < 1.29 is 18.8 Å². The lowest BCUT2D eigenvalue weighted by Gasteiger charge is -2.22. The van der Waals surface area contributed by atoms with Crippen LogP contribution in [0.15, 0.2) is 57.7 Å². The van der Waals surface area contributed by atoms with Gasteiger partial charge in [-0.25, -0.2) is 4.79 Å². The Bertz CT molecular complexity index is 1070. The molecule has 0 bridgehead atoms. The molecule has 1 heterocycles. The molecule has 0 aliphatic carbocycles. The van der Waals surface area contributed by atoms with Crippen molar-refractivity contribution in [3.63, 3.8) is 0 Å². The first-order valence-corrected chi connectivity index (χ1v) is 10.2. The van der Waals surface area contributed by atoms with E-state index >= 15 is 0 Å². The molecule has 0 unspecified atom stereocenters. The number of ether oxygens (including phenoxy) is 1. The zero-order chi connectivity index (χ0) is 21.7. The third-order valence-corrected chi connectivity index (χ3v) is 5.28. The predicted octanol–water partition coefficient (Wildman–Crippen LogP) is 2.04. The van der Waals surface area contributed by atoms with Gasteiger partial charge in [-0.15, -0.1) is 0 Å². The molecule has 6 nitrogen and oxygen atoms in total. The van der Waals surface area contributed by atoms with Gasteiger partial charge in [-0.3, -0.25) is 4.79 Å². The van der Waals surface area contributed by atoms with Crippen molar-refractivity contribution in [2.45, 2.75) is 26.3 Å². The fourth-order valence-electron chi connectivity index (χ4n) is 3.45. The Hall–Kier alpha value is -3.12. The number of rotatable bonds is 8. The van der Waals surface area contributed by atoms with Crippen molar-refractivity contribution in [3.8, 4) is 5.75 Å². The van der Waals surface area contributed by atoms with Gasteiger partial charge < -0.3 is 19.4 Å². The number of carbonyl (C=O) groups is 1. The molecule has 2 aromatic carbocycles. The molecular formula is C24H29N2O4+. The standard InChI is InChI=1S/C24H28N2O4/c1-5-17-6-8-18(9-7-17)21(26(3)4)14-25-23(27)15-29-19-10-11-20-16(2)12-24(28)30-22(20)13-19/h6-13,21H,5,14-15H2,1-4H3,(H,25,27)/p+1/t21-/m1/s1. The van der Waals surface area contributed by atoms with Crippen molar-refractivity contribution in [1.29, 1.82) is 0 Å². The average molecular weight is 410 g/mol. The van der Waals surface area contributed by atoms with E-state index in [-0.39, 0.29) is 18.6 Å². The van der Waals surface area contributed by atoms with E-state index in [4.69, 9.17) is 9.15 Å². The predicted molar refractivity (Wildman–Crippen MR) is 117 cm³/mol. The molecule has 0 aliphatic heterocycles. The number of hydrogen-bond acceptors (Lipinski definition) is 4. The Morgan fingerprint density at radius 3 is 2.53 bits per heavy atom. The lowest BCUT2D eigenvalue weighted by molar-refractivity contribution is -0.890. The van der Waals surface area contributed by atoms with E-state index in [1.54, 1.807) is 12.1 Å². The second-order valence-electron chi connectivity index (χ2n) is 7.72. The number of benzene rings is 2. The molecule has 0 spiro atoms. The maximum absolute atomic E-state index is 12.3. The molecule has 3 aromatic rings. The summed E-state index contributed by atoms with van der Waals surface area (Å²) in [5.74, 6) is 0.286. The van der Waals surface area contributed by atoms with Gasteiger partial charge in [0.2, 0.25) is 0 Å². The number of quaternary nitrogens is 1. The smallest absolute Gasteiger partial charge is 0.336 e. The molecule has 0 saturated heterocycles. The van der Waals surface area contributed by atoms with Gasteiger partial charge in [0.1, 0.15) is 17.4 Å². The summed E-state index contributed by atoms with van der Waals surface area (Å²) in [4.78, 5) is 25.1. The maximum atomic E-state index is 12.3. The third-order valence-electron chi connectivity index (χ3n) is 5.28. The summed E-state index contributed by atoms with van der Waals surface area (Å²) in [6.07, 6.45) is 1.01. The molecule has 1 aromatic heterocycles. The Morgan fingerprint density at radius 2 is 1.87 bits per heavy atom. The molecule has 158 valence electrons. The molecule has 3 rings (SSSR count). The van der Waals surface area contributed by atoms with Gasteiger partial charge >= 0.3 is 5.63 Å². The SMILES string of the molecule is CCc1ccc([C@@H](CNC(=O)COc2ccc3c(C)cc(=O)oc3c2)[NH+](C)C)cc1. The van der Waals surface area contributed by atoms with Gasteiger partial charge in [-0.05, 0) is 36.6 Å². The third kappa shape index (κ3) is 5.27. The summed E-state index contributed by atoms with van der Waals surface area (Å²) < 4.78 is 10.8. The number of nitrogens with one attached hydrogen (secondary N) is 2. The molecule has 0 saturated carbocycles. The molecule has 1 amide bonds. The number of likely N-dealkylation sites (N-methyl/N-ethyl adjacent to an activating group) is 1. The molecular weight excluding hydrogens is 380 g/mol. The van der Waals surface area contributed by atoms with Crippen molar-refractivity contribution in [2.75, 3.05) is 27.2 Å². The van der Waals surface area contributed by atoms with Crippen molar-refractivity contribution in [3.05, 3.63) is 75.6 Å². The Kier molecular flexibility index (Phi) is 6.90. The van der Waals surface area contributed by atoms with Crippen LogP contribution in [0.5, 0.6) is 5.75 Å².